The molecule has 1 aromatic carbocycles. The van der Waals surface area contributed by atoms with Gasteiger partial charge >= 0.3 is 0 Å². The first-order valence-electron chi connectivity index (χ1n) is 11.3. The van der Waals surface area contributed by atoms with Gasteiger partial charge in [0.1, 0.15) is 5.82 Å². The molecular formula is C25H25FN6O2S. The van der Waals surface area contributed by atoms with Crippen molar-refractivity contribution in [1.29, 1.82) is 5.41 Å². The number of hydrogen-bond donors (Lipinski definition) is 4. The van der Waals surface area contributed by atoms with Crippen molar-refractivity contribution >= 4 is 35.0 Å². The summed E-state index contributed by atoms with van der Waals surface area (Å²) in [6, 6.07) is 4.80. The Labute approximate surface area is 205 Å². The quantitative estimate of drug-likeness (QED) is 0.379. The van der Waals surface area contributed by atoms with E-state index in [0.29, 0.717) is 33.5 Å². The highest BCUT2D eigenvalue weighted by Crippen LogP contribution is 2.55. The van der Waals surface area contributed by atoms with Gasteiger partial charge in [0.25, 0.3) is 11.5 Å². The number of fused-ring (bicyclic) bond motifs is 5. The third kappa shape index (κ3) is 3.93. The van der Waals surface area contributed by atoms with E-state index in [0.717, 1.165) is 12.4 Å². The summed E-state index contributed by atoms with van der Waals surface area (Å²) in [6.07, 6.45) is 7.21. The molecule has 180 valence electrons. The maximum Gasteiger partial charge on any atom is 0.293 e. The summed E-state index contributed by atoms with van der Waals surface area (Å²) in [5.74, 6) is 0.202. The predicted octanol–water partition coefficient (Wildman–Crippen LogP) is 4.43. The topological polar surface area (TPSA) is 126 Å². The molecule has 0 aliphatic heterocycles. The molecule has 0 spiro atoms. The van der Waals surface area contributed by atoms with Crippen LogP contribution in [0.2, 0.25) is 0 Å². The molecule has 0 radical (unpaired) electrons. The van der Waals surface area contributed by atoms with Gasteiger partial charge in [-0.05, 0) is 67.3 Å². The lowest BCUT2D eigenvalue weighted by atomic mass is 9.99. The van der Waals surface area contributed by atoms with E-state index in [4.69, 9.17) is 11.1 Å². The van der Waals surface area contributed by atoms with Crippen LogP contribution in [0, 0.1) is 18.2 Å². The zero-order valence-corrected chi connectivity index (χ0v) is 20.1. The van der Waals surface area contributed by atoms with Crippen molar-refractivity contribution in [2.45, 2.75) is 38.0 Å². The van der Waals surface area contributed by atoms with Crippen LogP contribution >= 0.6 is 11.3 Å². The lowest BCUT2D eigenvalue weighted by molar-refractivity contribution is 0.103. The minimum absolute atomic E-state index is 0.0257. The van der Waals surface area contributed by atoms with E-state index >= 15 is 0 Å². The Kier molecular flexibility index (Phi) is 5.76. The molecule has 5 rings (SSSR count). The van der Waals surface area contributed by atoms with Crippen molar-refractivity contribution in [1.82, 2.24) is 9.55 Å². The van der Waals surface area contributed by atoms with Gasteiger partial charge < -0.3 is 26.3 Å². The van der Waals surface area contributed by atoms with Crippen molar-refractivity contribution in [3.05, 3.63) is 73.3 Å². The molecule has 3 aromatic rings. The van der Waals surface area contributed by atoms with Crippen molar-refractivity contribution in [3.8, 4) is 11.3 Å². The molecule has 35 heavy (non-hydrogen) atoms. The summed E-state index contributed by atoms with van der Waals surface area (Å²) >= 11 is 1.51. The van der Waals surface area contributed by atoms with Crippen LogP contribution in [0.15, 0.2) is 41.1 Å². The van der Waals surface area contributed by atoms with E-state index in [1.54, 1.807) is 20.0 Å². The molecule has 8 nitrogen and oxygen atoms in total. The van der Waals surface area contributed by atoms with E-state index < -0.39 is 11.4 Å². The van der Waals surface area contributed by atoms with Crippen LogP contribution in [-0.4, -0.2) is 21.7 Å². The minimum Gasteiger partial charge on any atom is -0.403 e. The number of rotatable bonds is 6. The molecule has 10 heteroatoms. The lowest BCUT2D eigenvalue weighted by Crippen LogP contribution is -2.23. The number of aromatic nitrogens is 2. The van der Waals surface area contributed by atoms with Crippen molar-refractivity contribution < 1.29 is 9.18 Å². The standard InChI is InChI=1S/C25H25FN6O2S/c1-12-16(19-11-32(2)25(34)23(30-19)29-15(9-27)10-28)5-6-18(26)21(12)31-24(33)20-8-17-13-3-4-14(7-13)22(17)35-20/h5-6,8-11,13-14,27H,3-4,7,28H2,1-2H3,(H,29,30)(H,31,33)/b15-10+,27-9?. The van der Waals surface area contributed by atoms with Gasteiger partial charge in [0.05, 0.1) is 22.0 Å². The summed E-state index contributed by atoms with van der Waals surface area (Å²) in [7, 11) is 1.57. The first-order chi connectivity index (χ1) is 16.8. The number of halogens is 1. The first kappa shape index (κ1) is 23.0. The molecule has 2 unspecified atom stereocenters. The number of hydrogen-bond acceptors (Lipinski definition) is 7. The van der Waals surface area contributed by atoms with Gasteiger partial charge in [-0.3, -0.25) is 9.59 Å². The molecule has 1 fully saturated rings. The molecule has 2 aliphatic carbocycles. The average Bonchev–Trinajstić information content (AvgIpc) is 3.56. The monoisotopic (exact) mass is 492 g/mol. The molecule has 1 saturated carbocycles. The largest absolute Gasteiger partial charge is 0.403 e. The number of carbonyl (C=O) groups excluding carboxylic acids is 1. The van der Waals surface area contributed by atoms with Crippen LogP contribution in [0.1, 0.15) is 56.8 Å². The van der Waals surface area contributed by atoms with E-state index in [2.05, 4.69) is 15.6 Å². The second-order valence-corrected chi connectivity index (χ2v) is 10.1. The Morgan fingerprint density at radius 1 is 1.31 bits per heavy atom. The van der Waals surface area contributed by atoms with Crippen LogP contribution < -0.4 is 21.9 Å². The number of nitrogens with one attached hydrogen (secondary N) is 3. The Morgan fingerprint density at radius 2 is 2.09 bits per heavy atom. The highest BCUT2D eigenvalue weighted by atomic mass is 32.1. The lowest BCUT2D eigenvalue weighted by Gasteiger charge is -2.15. The molecular weight excluding hydrogens is 467 g/mol. The molecule has 0 saturated heterocycles. The third-order valence-electron chi connectivity index (χ3n) is 6.86. The maximum absolute atomic E-state index is 14.9. The zero-order valence-electron chi connectivity index (χ0n) is 19.3. The van der Waals surface area contributed by atoms with E-state index in [1.807, 2.05) is 6.07 Å². The number of benzene rings is 1. The van der Waals surface area contributed by atoms with E-state index in [-0.39, 0.29) is 23.1 Å². The SMILES string of the molecule is Cc1c(-c2cn(C)c(=O)c(N/C(C=N)=C/N)n2)ccc(F)c1NC(=O)c1cc2c(s1)C1CCC2C1. The summed E-state index contributed by atoms with van der Waals surface area (Å²) in [5, 5.41) is 12.9. The number of amides is 1. The fourth-order valence-electron chi connectivity index (χ4n) is 5.04. The maximum atomic E-state index is 14.9. The highest BCUT2D eigenvalue weighted by Gasteiger charge is 2.39. The number of aryl methyl sites for hydroxylation is 1. The minimum atomic E-state index is -0.552. The first-order valence-corrected chi connectivity index (χ1v) is 12.1. The molecule has 2 aliphatic rings. The van der Waals surface area contributed by atoms with Gasteiger partial charge in [-0.1, -0.05) is 0 Å². The summed E-state index contributed by atoms with van der Waals surface area (Å²) < 4.78 is 16.2. The number of carbonyl (C=O) groups is 1. The van der Waals surface area contributed by atoms with Gasteiger partial charge in [-0.25, -0.2) is 9.37 Å². The van der Waals surface area contributed by atoms with Crippen LogP contribution in [0.4, 0.5) is 15.9 Å². The van der Waals surface area contributed by atoms with E-state index in [9.17, 15) is 14.0 Å². The van der Waals surface area contributed by atoms with Gasteiger partial charge in [0.15, 0.2) is 5.82 Å². The van der Waals surface area contributed by atoms with Gasteiger partial charge in [-0.2, -0.15) is 0 Å². The predicted molar refractivity (Wildman–Crippen MR) is 136 cm³/mol. The van der Waals surface area contributed by atoms with Crippen LogP contribution in [0.5, 0.6) is 0 Å². The Bertz CT molecular complexity index is 1430. The van der Waals surface area contributed by atoms with Crippen LogP contribution in [-0.2, 0) is 7.05 Å². The normalized spacial score (nSPS) is 18.4. The number of anilines is 2. The summed E-state index contributed by atoms with van der Waals surface area (Å²) in [6.45, 7) is 1.70. The number of allylic oxidation sites excluding steroid dienone is 1. The van der Waals surface area contributed by atoms with Gasteiger partial charge in [0, 0.05) is 36.1 Å². The smallest absolute Gasteiger partial charge is 0.293 e. The molecule has 1 amide bonds. The summed E-state index contributed by atoms with van der Waals surface area (Å²) in [4.78, 5) is 31.9. The molecule has 2 aromatic heterocycles. The number of nitrogens with zero attached hydrogens (tertiary/aromatic N) is 2. The van der Waals surface area contributed by atoms with E-state index in [1.165, 1.54) is 57.9 Å². The highest BCUT2D eigenvalue weighted by molar-refractivity contribution is 7.14. The van der Waals surface area contributed by atoms with Gasteiger partial charge in [-0.15, -0.1) is 11.3 Å². The Morgan fingerprint density at radius 3 is 2.80 bits per heavy atom. The second-order valence-electron chi connectivity index (χ2n) is 8.97. The molecule has 2 heterocycles. The van der Waals surface area contributed by atoms with Crippen molar-refractivity contribution in [2.24, 2.45) is 12.8 Å². The van der Waals surface area contributed by atoms with Crippen molar-refractivity contribution in [3.63, 3.8) is 0 Å². The number of nitrogens with two attached hydrogens (primary N) is 1. The fraction of sp³-hybridized carbons (Fsp3) is 0.280. The van der Waals surface area contributed by atoms with Crippen LogP contribution in [0.3, 0.4) is 0 Å². The molecule has 5 N–H and O–H groups in total. The fourth-order valence-corrected chi connectivity index (χ4v) is 6.33. The molecule has 2 atom stereocenters. The molecule has 2 bridgehead atoms. The second kappa shape index (κ2) is 8.77. The Balaban J connectivity index is 1.48. The summed E-state index contributed by atoms with van der Waals surface area (Å²) in [5.41, 5.74) is 8.07. The third-order valence-corrected chi connectivity index (χ3v) is 8.17. The number of thiophene rings is 1. The van der Waals surface area contributed by atoms with Gasteiger partial charge in [0.2, 0.25) is 0 Å². The Hall–Kier alpha value is -3.79. The average molecular weight is 493 g/mol. The van der Waals surface area contributed by atoms with Crippen molar-refractivity contribution in [2.75, 3.05) is 10.6 Å². The zero-order chi connectivity index (χ0) is 24.9. The van der Waals surface area contributed by atoms with Crippen LogP contribution in [0.25, 0.3) is 11.3 Å².